The van der Waals surface area contributed by atoms with Gasteiger partial charge in [-0.25, -0.2) is 4.98 Å². The van der Waals surface area contributed by atoms with Gasteiger partial charge < -0.3 is 9.47 Å². The normalized spacial score (nSPS) is 29.2. The van der Waals surface area contributed by atoms with Gasteiger partial charge in [-0.05, 0) is 15.9 Å². The Bertz CT molecular complexity index is 412. The van der Waals surface area contributed by atoms with Crippen molar-refractivity contribution in [1.29, 1.82) is 0 Å². The summed E-state index contributed by atoms with van der Waals surface area (Å²) in [7, 11) is 0. The van der Waals surface area contributed by atoms with E-state index in [2.05, 4.69) is 20.9 Å². The van der Waals surface area contributed by atoms with Crippen LogP contribution in [0.4, 0.5) is 0 Å². The first-order valence-corrected chi connectivity index (χ1v) is 3.65. The number of fused-ring (bicyclic) bond motifs is 1. The summed E-state index contributed by atoms with van der Waals surface area (Å²) in [5.41, 5.74) is 0. The van der Waals surface area contributed by atoms with Crippen molar-refractivity contribution in [2.75, 3.05) is 13.1 Å². The van der Waals surface area contributed by atoms with Crippen molar-refractivity contribution < 1.29 is 15.0 Å². The molecule has 0 saturated carbocycles. The number of halogens is 1. The van der Waals surface area contributed by atoms with Gasteiger partial charge in [-0.1, -0.05) is 0 Å². The van der Waals surface area contributed by atoms with Crippen LogP contribution in [0.5, 0.6) is 11.6 Å². The molecule has 0 spiro atoms. The maximum atomic E-state index is 7.33. The van der Waals surface area contributed by atoms with Gasteiger partial charge in [0, 0.05) is 16.7 Å². The average Bonchev–Trinajstić information content (AvgIpc) is 2.07. The van der Waals surface area contributed by atoms with E-state index in [1.807, 2.05) is 0 Å². The van der Waals surface area contributed by atoms with Crippen LogP contribution in [0.25, 0.3) is 0 Å². The van der Waals surface area contributed by atoms with Crippen molar-refractivity contribution in [2.24, 2.45) is 0 Å². The third kappa shape index (κ3) is 1.30. The summed E-state index contributed by atoms with van der Waals surface area (Å²) in [6, 6.07) is 1.47. The molecule has 0 bridgehead atoms. The Hall–Kier alpha value is -0.770. The molecule has 2 heterocycles. The van der Waals surface area contributed by atoms with E-state index in [9.17, 15) is 0 Å². The predicted octanol–water partition coefficient (Wildman–Crippen LogP) is 1.62. The molecule has 0 N–H and O–H groups in total. The van der Waals surface area contributed by atoms with E-state index in [1.54, 1.807) is 0 Å². The van der Waals surface area contributed by atoms with Crippen LogP contribution in [-0.4, -0.2) is 18.1 Å². The van der Waals surface area contributed by atoms with Gasteiger partial charge in [0.05, 0.1) is 5.48 Å². The standard InChI is InChI=1S/C7H6BrNO2/c8-5-3-6-7(9-4-5)11-2-1-10-6/h3-4H,1-2H2/i1D2,2D2. The summed E-state index contributed by atoms with van der Waals surface area (Å²) in [6.07, 6.45) is 1.42. The van der Waals surface area contributed by atoms with Crippen LogP contribution in [-0.2, 0) is 0 Å². The summed E-state index contributed by atoms with van der Waals surface area (Å²) in [5, 5.41) is 0. The molecule has 0 aliphatic carbocycles. The van der Waals surface area contributed by atoms with Crippen LogP contribution in [0.1, 0.15) is 5.48 Å². The lowest BCUT2D eigenvalue weighted by molar-refractivity contribution is 0.164. The molecule has 4 heteroatoms. The van der Waals surface area contributed by atoms with Crippen molar-refractivity contribution in [2.45, 2.75) is 0 Å². The van der Waals surface area contributed by atoms with E-state index in [4.69, 9.17) is 15.0 Å². The quantitative estimate of drug-likeness (QED) is 0.665. The minimum absolute atomic E-state index is 0.0571. The van der Waals surface area contributed by atoms with Crippen molar-refractivity contribution in [1.82, 2.24) is 4.98 Å². The SMILES string of the molecule is [2H]C1([2H])Oc2cc(Br)cnc2OC1([2H])[2H]. The third-order valence-electron chi connectivity index (χ3n) is 1.14. The molecule has 0 aromatic carbocycles. The highest BCUT2D eigenvalue weighted by Crippen LogP contribution is 2.29. The number of hydrogen-bond acceptors (Lipinski definition) is 3. The van der Waals surface area contributed by atoms with Crippen LogP contribution in [0.2, 0.25) is 0 Å². The molecule has 1 aliphatic rings. The molecule has 0 radical (unpaired) electrons. The Labute approximate surface area is 78.1 Å². The largest absolute Gasteiger partial charge is 0.484 e. The predicted molar refractivity (Wildman–Crippen MR) is 42.9 cm³/mol. The monoisotopic (exact) mass is 219 g/mol. The number of rotatable bonds is 0. The summed E-state index contributed by atoms with van der Waals surface area (Å²) in [4.78, 5) is 3.78. The lowest BCUT2D eigenvalue weighted by atomic mass is 10.4. The second kappa shape index (κ2) is 2.70. The molecule has 11 heavy (non-hydrogen) atoms. The molecule has 3 nitrogen and oxygen atoms in total. The number of ether oxygens (including phenoxy) is 2. The number of hydrogen-bond donors (Lipinski definition) is 0. The molecule has 1 aliphatic heterocycles. The lowest BCUT2D eigenvalue weighted by Gasteiger charge is -2.16. The fourth-order valence-corrected chi connectivity index (χ4v) is 1.01. The first-order chi connectivity index (χ1) is 6.82. The molecule has 58 valence electrons. The molecule has 0 amide bonds. The van der Waals surface area contributed by atoms with E-state index in [0.717, 1.165) is 0 Å². The van der Waals surface area contributed by atoms with Gasteiger partial charge in [-0.15, -0.1) is 0 Å². The van der Waals surface area contributed by atoms with Gasteiger partial charge in [0.1, 0.15) is 13.1 Å². The van der Waals surface area contributed by atoms with Gasteiger partial charge in [-0.3, -0.25) is 0 Å². The van der Waals surface area contributed by atoms with E-state index in [0.29, 0.717) is 4.47 Å². The van der Waals surface area contributed by atoms with Crippen LogP contribution >= 0.6 is 15.9 Å². The van der Waals surface area contributed by atoms with Crippen LogP contribution in [0.3, 0.4) is 0 Å². The minimum atomic E-state index is -2.55. The van der Waals surface area contributed by atoms with Crippen LogP contribution in [0, 0.1) is 0 Å². The molecule has 0 fully saturated rings. The van der Waals surface area contributed by atoms with Gasteiger partial charge in [0.2, 0.25) is 0 Å². The zero-order chi connectivity index (χ0) is 11.3. The van der Waals surface area contributed by atoms with Crippen molar-refractivity contribution in [3.63, 3.8) is 0 Å². The first-order valence-electron chi connectivity index (χ1n) is 4.85. The highest BCUT2D eigenvalue weighted by Gasteiger charge is 2.11. The Morgan fingerprint density at radius 1 is 1.55 bits per heavy atom. The van der Waals surface area contributed by atoms with Crippen molar-refractivity contribution in [3.05, 3.63) is 16.7 Å². The maximum absolute atomic E-state index is 7.33. The Balaban J connectivity index is 2.47. The Morgan fingerprint density at radius 3 is 3.27 bits per heavy atom. The molecule has 0 unspecified atom stereocenters. The number of nitrogens with zero attached hydrogens (tertiary/aromatic N) is 1. The Kier molecular flexibility index (Phi) is 0.921. The fourth-order valence-electron chi connectivity index (χ4n) is 0.703. The average molecular weight is 220 g/mol. The molecule has 1 aromatic heterocycles. The highest BCUT2D eigenvalue weighted by atomic mass is 79.9. The zero-order valence-corrected chi connectivity index (χ0v) is 6.88. The van der Waals surface area contributed by atoms with Crippen molar-refractivity contribution in [3.8, 4) is 11.6 Å². The second-order valence-electron chi connectivity index (χ2n) is 1.87. The topological polar surface area (TPSA) is 31.4 Å². The summed E-state index contributed by atoms with van der Waals surface area (Å²) < 4.78 is 39.5. The fraction of sp³-hybridized carbons (Fsp3) is 0.286. The molecule has 0 atom stereocenters. The van der Waals surface area contributed by atoms with Gasteiger partial charge in [0.15, 0.2) is 5.75 Å². The van der Waals surface area contributed by atoms with Gasteiger partial charge >= 0.3 is 0 Å². The maximum Gasteiger partial charge on any atom is 0.257 e. The molecule has 0 saturated heterocycles. The molecular weight excluding hydrogens is 210 g/mol. The Morgan fingerprint density at radius 2 is 2.36 bits per heavy atom. The molecular formula is C7H6BrNO2. The smallest absolute Gasteiger partial charge is 0.257 e. The zero-order valence-electron chi connectivity index (χ0n) is 9.30. The third-order valence-corrected chi connectivity index (χ3v) is 1.57. The van der Waals surface area contributed by atoms with E-state index >= 15 is 0 Å². The van der Waals surface area contributed by atoms with E-state index in [1.165, 1.54) is 12.3 Å². The second-order valence-corrected chi connectivity index (χ2v) is 2.78. The molecule has 2 rings (SSSR count). The van der Waals surface area contributed by atoms with Crippen LogP contribution < -0.4 is 9.47 Å². The molecule has 1 aromatic rings. The lowest BCUT2D eigenvalue weighted by Crippen LogP contribution is -2.16. The van der Waals surface area contributed by atoms with Gasteiger partial charge in [-0.2, -0.15) is 0 Å². The highest BCUT2D eigenvalue weighted by molar-refractivity contribution is 9.10. The summed E-state index contributed by atoms with van der Waals surface area (Å²) in [6.45, 7) is -5.09. The van der Waals surface area contributed by atoms with Gasteiger partial charge in [0.25, 0.3) is 5.88 Å². The van der Waals surface area contributed by atoms with E-state index < -0.39 is 13.1 Å². The first kappa shape index (κ1) is 3.76. The summed E-state index contributed by atoms with van der Waals surface area (Å²) in [5.74, 6) is 0.0165. The summed E-state index contributed by atoms with van der Waals surface area (Å²) >= 11 is 3.14. The van der Waals surface area contributed by atoms with Crippen molar-refractivity contribution >= 4 is 15.9 Å². The number of pyridine rings is 1. The van der Waals surface area contributed by atoms with Crippen LogP contribution in [0.15, 0.2) is 16.7 Å². The minimum Gasteiger partial charge on any atom is -0.484 e. The number of aromatic nitrogens is 1. The van der Waals surface area contributed by atoms with E-state index in [-0.39, 0.29) is 11.6 Å².